The van der Waals surface area contributed by atoms with Gasteiger partial charge in [-0.25, -0.2) is 13.1 Å². The van der Waals surface area contributed by atoms with Crippen molar-refractivity contribution in [3.05, 3.63) is 18.0 Å². The van der Waals surface area contributed by atoms with Gasteiger partial charge >= 0.3 is 0 Å². The molecular weight excluding hydrogens is 274 g/mol. The average molecular weight is 299 g/mol. The van der Waals surface area contributed by atoms with E-state index in [9.17, 15) is 8.42 Å². The van der Waals surface area contributed by atoms with Crippen LogP contribution in [-0.2, 0) is 23.1 Å². The van der Waals surface area contributed by atoms with Gasteiger partial charge in [-0.1, -0.05) is 12.8 Å². The molecule has 0 unspecified atom stereocenters. The van der Waals surface area contributed by atoms with Crippen LogP contribution in [0.4, 0.5) is 0 Å². The molecule has 0 aliphatic heterocycles. The van der Waals surface area contributed by atoms with Gasteiger partial charge in [0.15, 0.2) is 0 Å². The van der Waals surface area contributed by atoms with Gasteiger partial charge in [0, 0.05) is 30.5 Å². The molecule has 1 aromatic rings. The van der Waals surface area contributed by atoms with Crippen molar-refractivity contribution in [1.29, 1.82) is 0 Å². The first-order valence-electron chi connectivity index (χ1n) is 7.28. The summed E-state index contributed by atoms with van der Waals surface area (Å²) in [6.07, 6.45) is 5.77. The molecule has 0 bridgehead atoms. The van der Waals surface area contributed by atoms with Crippen LogP contribution in [0.25, 0.3) is 0 Å². The summed E-state index contributed by atoms with van der Waals surface area (Å²) >= 11 is 0. The predicted octanol–water partition coefficient (Wildman–Crippen LogP) is 1.84. The van der Waals surface area contributed by atoms with Gasteiger partial charge in [-0.05, 0) is 39.8 Å². The Morgan fingerprint density at radius 1 is 1.35 bits per heavy atom. The number of nitrogens with zero attached hydrogens (tertiary/aromatic N) is 1. The summed E-state index contributed by atoms with van der Waals surface area (Å²) in [4.78, 5) is 0.373. The third-order valence-corrected chi connectivity index (χ3v) is 5.66. The Kier molecular flexibility index (Phi) is 4.56. The zero-order valence-electron chi connectivity index (χ0n) is 12.6. The normalized spacial score (nSPS) is 18.6. The van der Waals surface area contributed by atoms with Crippen LogP contribution in [0.3, 0.4) is 0 Å². The molecule has 0 atom stereocenters. The monoisotopic (exact) mass is 299 g/mol. The average Bonchev–Trinajstić information content (AvgIpc) is 2.96. The molecule has 1 saturated carbocycles. The molecule has 2 N–H and O–H groups in total. The Balaban J connectivity index is 2.25. The van der Waals surface area contributed by atoms with E-state index in [0.717, 1.165) is 37.9 Å². The SMILES string of the molecule is CCn1cc(S(=O)(=O)NC2(C)CCCC2)cc1CNC. The van der Waals surface area contributed by atoms with Crippen molar-refractivity contribution in [3.8, 4) is 0 Å². The fourth-order valence-corrected chi connectivity index (χ4v) is 4.46. The van der Waals surface area contributed by atoms with Crippen molar-refractivity contribution in [2.24, 2.45) is 0 Å². The van der Waals surface area contributed by atoms with Crippen molar-refractivity contribution in [1.82, 2.24) is 14.6 Å². The first kappa shape index (κ1) is 15.5. The first-order valence-corrected chi connectivity index (χ1v) is 8.76. The van der Waals surface area contributed by atoms with E-state index >= 15 is 0 Å². The van der Waals surface area contributed by atoms with Crippen LogP contribution in [0.15, 0.2) is 17.2 Å². The summed E-state index contributed by atoms with van der Waals surface area (Å²) in [7, 11) is -1.57. The zero-order chi connectivity index (χ0) is 14.8. The van der Waals surface area contributed by atoms with E-state index in [4.69, 9.17) is 0 Å². The lowest BCUT2D eigenvalue weighted by Gasteiger charge is -2.24. The Morgan fingerprint density at radius 2 is 2.00 bits per heavy atom. The first-order chi connectivity index (χ1) is 9.40. The molecule has 1 heterocycles. The molecule has 0 aromatic carbocycles. The van der Waals surface area contributed by atoms with Gasteiger partial charge in [-0.3, -0.25) is 0 Å². The second kappa shape index (κ2) is 5.87. The standard InChI is InChI=1S/C14H25N3O2S/c1-4-17-11-13(9-12(17)10-15-3)20(18,19)16-14(2)7-5-6-8-14/h9,11,15-16H,4-8,10H2,1-3H3. The fourth-order valence-electron chi connectivity index (χ4n) is 2.94. The van der Waals surface area contributed by atoms with Gasteiger partial charge in [0.2, 0.25) is 10.0 Å². The molecule has 1 aromatic heterocycles. The molecule has 0 radical (unpaired) electrons. The summed E-state index contributed by atoms with van der Waals surface area (Å²) in [5, 5.41) is 3.07. The summed E-state index contributed by atoms with van der Waals surface area (Å²) in [5.74, 6) is 0. The van der Waals surface area contributed by atoms with Crippen LogP contribution >= 0.6 is 0 Å². The molecule has 20 heavy (non-hydrogen) atoms. The molecule has 5 nitrogen and oxygen atoms in total. The van der Waals surface area contributed by atoms with Crippen molar-refractivity contribution in [2.75, 3.05) is 7.05 Å². The van der Waals surface area contributed by atoms with Gasteiger partial charge in [0.05, 0.1) is 4.90 Å². The van der Waals surface area contributed by atoms with E-state index in [-0.39, 0.29) is 5.54 Å². The van der Waals surface area contributed by atoms with Gasteiger partial charge in [0.1, 0.15) is 0 Å². The highest BCUT2D eigenvalue weighted by atomic mass is 32.2. The zero-order valence-corrected chi connectivity index (χ0v) is 13.4. The maximum Gasteiger partial charge on any atom is 0.242 e. The summed E-state index contributed by atoms with van der Waals surface area (Å²) in [6.45, 7) is 5.45. The highest BCUT2D eigenvalue weighted by Gasteiger charge is 2.34. The lowest BCUT2D eigenvalue weighted by molar-refractivity contribution is 0.427. The second-order valence-electron chi connectivity index (χ2n) is 5.86. The van der Waals surface area contributed by atoms with Crippen LogP contribution in [0.1, 0.15) is 45.2 Å². The quantitative estimate of drug-likeness (QED) is 0.842. The van der Waals surface area contributed by atoms with Crippen LogP contribution in [0.5, 0.6) is 0 Å². The minimum Gasteiger partial charge on any atom is -0.349 e. The highest BCUT2D eigenvalue weighted by Crippen LogP contribution is 2.30. The molecule has 1 aliphatic carbocycles. The highest BCUT2D eigenvalue weighted by molar-refractivity contribution is 7.89. The van der Waals surface area contributed by atoms with Crippen molar-refractivity contribution >= 4 is 10.0 Å². The third-order valence-electron chi connectivity index (χ3n) is 4.06. The molecule has 0 saturated heterocycles. The van der Waals surface area contributed by atoms with E-state index in [0.29, 0.717) is 11.4 Å². The van der Waals surface area contributed by atoms with Gasteiger partial charge in [-0.15, -0.1) is 0 Å². The number of hydrogen-bond acceptors (Lipinski definition) is 3. The van der Waals surface area contributed by atoms with Crippen molar-refractivity contribution in [2.45, 2.75) is 63.1 Å². The Morgan fingerprint density at radius 3 is 2.55 bits per heavy atom. The number of rotatable bonds is 6. The number of hydrogen-bond donors (Lipinski definition) is 2. The molecule has 0 spiro atoms. The molecular formula is C14H25N3O2S. The second-order valence-corrected chi connectivity index (χ2v) is 7.54. The van der Waals surface area contributed by atoms with Crippen LogP contribution in [0, 0.1) is 0 Å². The predicted molar refractivity (Wildman–Crippen MR) is 80.1 cm³/mol. The largest absolute Gasteiger partial charge is 0.349 e. The van der Waals surface area contributed by atoms with Gasteiger partial charge < -0.3 is 9.88 Å². The minimum absolute atomic E-state index is 0.281. The fraction of sp³-hybridized carbons (Fsp3) is 0.714. The van der Waals surface area contributed by atoms with Gasteiger partial charge in [-0.2, -0.15) is 0 Å². The lowest BCUT2D eigenvalue weighted by Crippen LogP contribution is -2.43. The van der Waals surface area contributed by atoms with Crippen LogP contribution in [-0.4, -0.2) is 25.6 Å². The maximum atomic E-state index is 12.5. The van der Waals surface area contributed by atoms with E-state index < -0.39 is 10.0 Å². The molecule has 1 fully saturated rings. The Labute approximate surface area is 121 Å². The Bertz CT molecular complexity index is 557. The summed E-state index contributed by atoms with van der Waals surface area (Å²) in [6, 6.07) is 1.76. The van der Waals surface area contributed by atoms with E-state index in [1.165, 1.54) is 0 Å². The summed E-state index contributed by atoms with van der Waals surface area (Å²) < 4.78 is 29.9. The topological polar surface area (TPSA) is 63.1 Å². The number of aryl methyl sites for hydroxylation is 1. The molecule has 6 heteroatoms. The smallest absolute Gasteiger partial charge is 0.242 e. The van der Waals surface area contributed by atoms with Crippen molar-refractivity contribution < 1.29 is 8.42 Å². The number of nitrogens with one attached hydrogen (secondary N) is 2. The van der Waals surface area contributed by atoms with Gasteiger partial charge in [0.25, 0.3) is 0 Å². The van der Waals surface area contributed by atoms with E-state index in [1.807, 2.05) is 25.5 Å². The third kappa shape index (κ3) is 3.24. The van der Waals surface area contributed by atoms with E-state index in [2.05, 4.69) is 10.0 Å². The Hall–Kier alpha value is -0.850. The van der Waals surface area contributed by atoms with E-state index in [1.54, 1.807) is 12.3 Å². The number of sulfonamides is 1. The van der Waals surface area contributed by atoms with Crippen LogP contribution in [0.2, 0.25) is 0 Å². The van der Waals surface area contributed by atoms with Crippen LogP contribution < -0.4 is 10.0 Å². The minimum atomic E-state index is -3.43. The summed E-state index contributed by atoms with van der Waals surface area (Å²) in [5.41, 5.74) is 0.711. The molecule has 2 rings (SSSR count). The van der Waals surface area contributed by atoms with Crippen molar-refractivity contribution in [3.63, 3.8) is 0 Å². The molecule has 0 amide bonds. The maximum absolute atomic E-state index is 12.5. The molecule has 1 aliphatic rings. The number of aromatic nitrogens is 1. The lowest BCUT2D eigenvalue weighted by atomic mass is 10.0. The molecule has 114 valence electrons.